The van der Waals surface area contributed by atoms with E-state index in [4.69, 9.17) is 21.4 Å². The lowest BCUT2D eigenvalue weighted by atomic mass is 9.93. The van der Waals surface area contributed by atoms with E-state index in [2.05, 4.69) is 0 Å². The van der Waals surface area contributed by atoms with Crippen LogP contribution >= 0.6 is 11.6 Å². The fourth-order valence-corrected chi connectivity index (χ4v) is 2.01. The zero-order chi connectivity index (χ0) is 16.0. The van der Waals surface area contributed by atoms with Crippen LogP contribution in [0.15, 0.2) is 18.2 Å². The quantitative estimate of drug-likeness (QED) is 0.452. The molecule has 21 heavy (non-hydrogen) atoms. The molecule has 6 nitrogen and oxygen atoms in total. The Hall–Kier alpha value is -1.92. The van der Waals surface area contributed by atoms with Gasteiger partial charge in [-0.05, 0) is 13.0 Å². The monoisotopic (exact) mass is 314 g/mol. The number of halogens is 1. The average molecular weight is 315 g/mol. The molecule has 0 heterocycles. The fraction of sp³-hybridized carbons (Fsp3) is 0.357. The predicted octanol–water partition coefficient (Wildman–Crippen LogP) is 1.79. The molecule has 0 fully saturated rings. The molecule has 0 aliphatic carbocycles. The Labute approximate surface area is 126 Å². The zero-order valence-corrected chi connectivity index (χ0v) is 12.1. The molecule has 2 N–H and O–H groups in total. The summed E-state index contributed by atoms with van der Waals surface area (Å²) in [6, 6.07) is 4.07. The standard InChI is InChI=1S/C14H15ClO6/c1-2-21-14(20)9-5-3-4-8(10(16)6-7-15)11(9)12(17)13(18)19/h3-5,12,17H,2,6-7H2,1H3,(H,18,19). The van der Waals surface area contributed by atoms with Crippen molar-refractivity contribution in [2.45, 2.75) is 19.4 Å². The summed E-state index contributed by atoms with van der Waals surface area (Å²) in [5, 5.41) is 18.8. The maximum absolute atomic E-state index is 12.0. The van der Waals surface area contributed by atoms with Crippen LogP contribution in [0.1, 0.15) is 45.7 Å². The summed E-state index contributed by atoms with van der Waals surface area (Å²) < 4.78 is 4.81. The van der Waals surface area contributed by atoms with Gasteiger partial charge >= 0.3 is 11.9 Å². The van der Waals surface area contributed by atoms with Crippen molar-refractivity contribution in [2.24, 2.45) is 0 Å². The van der Waals surface area contributed by atoms with Gasteiger partial charge in [0, 0.05) is 23.4 Å². The first kappa shape index (κ1) is 17.1. The van der Waals surface area contributed by atoms with Crippen molar-refractivity contribution in [3.63, 3.8) is 0 Å². The number of esters is 1. The molecule has 1 aromatic rings. The Morgan fingerprint density at radius 3 is 2.43 bits per heavy atom. The topological polar surface area (TPSA) is 101 Å². The van der Waals surface area contributed by atoms with Crippen LogP contribution in [0.25, 0.3) is 0 Å². The first-order chi connectivity index (χ1) is 9.93. The van der Waals surface area contributed by atoms with Crippen molar-refractivity contribution in [1.82, 2.24) is 0 Å². The van der Waals surface area contributed by atoms with Gasteiger partial charge in [0.05, 0.1) is 12.2 Å². The molecule has 0 saturated heterocycles. The molecule has 114 valence electrons. The zero-order valence-electron chi connectivity index (χ0n) is 11.3. The predicted molar refractivity (Wildman–Crippen MR) is 74.7 cm³/mol. The highest BCUT2D eigenvalue weighted by molar-refractivity contribution is 6.19. The van der Waals surface area contributed by atoms with Gasteiger partial charge < -0.3 is 14.9 Å². The van der Waals surface area contributed by atoms with E-state index in [1.54, 1.807) is 6.92 Å². The third-order valence-corrected chi connectivity index (χ3v) is 2.92. The minimum absolute atomic E-state index is 0.0346. The van der Waals surface area contributed by atoms with E-state index in [1.165, 1.54) is 18.2 Å². The van der Waals surface area contributed by atoms with Crippen molar-refractivity contribution in [3.05, 3.63) is 34.9 Å². The highest BCUT2D eigenvalue weighted by atomic mass is 35.5. The lowest BCUT2D eigenvalue weighted by Crippen LogP contribution is -2.20. The largest absolute Gasteiger partial charge is 0.479 e. The van der Waals surface area contributed by atoms with Gasteiger partial charge in [0.15, 0.2) is 11.9 Å². The molecule has 7 heteroatoms. The van der Waals surface area contributed by atoms with Gasteiger partial charge in [-0.2, -0.15) is 0 Å². The van der Waals surface area contributed by atoms with E-state index in [0.29, 0.717) is 0 Å². The van der Waals surface area contributed by atoms with E-state index >= 15 is 0 Å². The SMILES string of the molecule is CCOC(=O)c1cccc(C(=O)CCCl)c1C(O)C(=O)O. The number of Topliss-reactive ketones (excluding diaryl/α,β-unsaturated/α-hetero) is 1. The minimum Gasteiger partial charge on any atom is -0.479 e. The van der Waals surface area contributed by atoms with Crippen LogP contribution in [0.2, 0.25) is 0 Å². The van der Waals surface area contributed by atoms with E-state index in [1.807, 2.05) is 0 Å². The molecule has 0 aliphatic rings. The number of aliphatic hydroxyl groups excluding tert-OH is 1. The van der Waals surface area contributed by atoms with Crippen LogP contribution in [0.5, 0.6) is 0 Å². The number of carboxylic acid groups (broad SMARTS) is 1. The molecule has 0 radical (unpaired) electrons. The fourth-order valence-electron chi connectivity index (χ4n) is 1.83. The van der Waals surface area contributed by atoms with Crippen molar-refractivity contribution in [3.8, 4) is 0 Å². The number of aliphatic hydroxyl groups is 1. The second-order valence-electron chi connectivity index (χ2n) is 4.09. The maximum Gasteiger partial charge on any atom is 0.338 e. The summed E-state index contributed by atoms with van der Waals surface area (Å²) >= 11 is 5.50. The lowest BCUT2D eigenvalue weighted by molar-refractivity contribution is -0.147. The maximum atomic E-state index is 12.0. The number of alkyl halides is 1. The number of rotatable bonds is 7. The summed E-state index contributed by atoms with van der Waals surface area (Å²) in [6.45, 7) is 1.68. The van der Waals surface area contributed by atoms with E-state index in [0.717, 1.165) is 0 Å². The summed E-state index contributed by atoms with van der Waals surface area (Å²) in [6.07, 6.45) is -2.03. The van der Waals surface area contributed by atoms with Crippen molar-refractivity contribution in [1.29, 1.82) is 0 Å². The molecule has 0 bridgehead atoms. The first-order valence-electron chi connectivity index (χ1n) is 6.24. The Balaban J connectivity index is 3.44. The number of ether oxygens (including phenoxy) is 1. The normalized spacial score (nSPS) is 11.8. The molecule has 1 aromatic carbocycles. The Kier molecular flexibility index (Phi) is 6.33. The molecule has 1 unspecified atom stereocenters. The van der Waals surface area contributed by atoms with Crippen molar-refractivity contribution in [2.75, 3.05) is 12.5 Å². The van der Waals surface area contributed by atoms with Gasteiger partial charge in [0.25, 0.3) is 0 Å². The van der Waals surface area contributed by atoms with Gasteiger partial charge in [-0.25, -0.2) is 9.59 Å². The molecular weight excluding hydrogens is 300 g/mol. The van der Waals surface area contributed by atoms with Gasteiger partial charge in [0.1, 0.15) is 0 Å². The molecule has 0 spiro atoms. The van der Waals surface area contributed by atoms with Gasteiger partial charge in [-0.15, -0.1) is 11.6 Å². The molecule has 0 amide bonds. The van der Waals surface area contributed by atoms with Gasteiger partial charge in [-0.3, -0.25) is 4.79 Å². The molecule has 1 rings (SSSR count). The van der Waals surface area contributed by atoms with E-state index < -0.39 is 23.8 Å². The summed E-state index contributed by atoms with van der Waals surface area (Å²) in [4.78, 5) is 34.9. The first-order valence-corrected chi connectivity index (χ1v) is 6.77. The lowest BCUT2D eigenvalue weighted by Gasteiger charge is -2.15. The summed E-state index contributed by atoms with van der Waals surface area (Å²) in [5.74, 6) is -2.77. The number of carbonyl (C=O) groups is 3. The number of carbonyl (C=O) groups excluding carboxylic acids is 2. The molecule has 0 aliphatic heterocycles. The Bertz CT molecular complexity index is 518. The Morgan fingerprint density at radius 1 is 1.29 bits per heavy atom. The van der Waals surface area contributed by atoms with Crippen LogP contribution in [-0.4, -0.2) is 40.4 Å². The highest BCUT2D eigenvalue weighted by Crippen LogP contribution is 2.25. The summed E-state index contributed by atoms with van der Waals surface area (Å²) in [7, 11) is 0. The number of benzene rings is 1. The van der Waals surface area contributed by atoms with Gasteiger partial charge in [0.2, 0.25) is 0 Å². The third-order valence-electron chi connectivity index (χ3n) is 2.73. The number of aliphatic carboxylic acids is 1. The van der Waals surface area contributed by atoms with Crippen LogP contribution < -0.4 is 0 Å². The second-order valence-corrected chi connectivity index (χ2v) is 4.47. The van der Waals surface area contributed by atoms with Crippen LogP contribution in [0.3, 0.4) is 0 Å². The van der Waals surface area contributed by atoms with Gasteiger partial charge in [-0.1, -0.05) is 12.1 Å². The minimum atomic E-state index is -2.00. The summed E-state index contributed by atoms with van der Waals surface area (Å²) in [5.41, 5.74) is -0.457. The van der Waals surface area contributed by atoms with Crippen LogP contribution in [0, 0.1) is 0 Å². The van der Waals surface area contributed by atoms with E-state index in [9.17, 15) is 19.5 Å². The number of hydrogen-bond acceptors (Lipinski definition) is 5. The second kappa shape index (κ2) is 7.75. The molecule has 0 aromatic heterocycles. The number of ketones is 1. The molecule has 0 saturated carbocycles. The van der Waals surface area contributed by atoms with E-state index in [-0.39, 0.29) is 35.6 Å². The van der Waals surface area contributed by atoms with Crippen LogP contribution in [0.4, 0.5) is 0 Å². The average Bonchev–Trinajstić information content (AvgIpc) is 2.46. The molecular formula is C14H15ClO6. The third kappa shape index (κ3) is 4.03. The van der Waals surface area contributed by atoms with Crippen molar-refractivity contribution >= 4 is 29.3 Å². The van der Waals surface area contributed by atoms with Crippen LogP contribution in [-0.2, 0) is 9.53 Å². The van der Waals surface area contributed by atoms with Crippen molar-refractivity contribution < 1.29 is 29.3 Å². The number of carboxylic acids is 1. The highest BCUT2D eigenvalue weighted by Gasteiger charge is 2.28. The Morgan fingerprint density at radius 2 is 1.90 bits per heavy atom. The smallest absolute Gasteiger partial charge is 0.338 e. The number of hydrogen-bond donors (Lipinski definition) is 2. The molecule has 1 atom stereocenters.